The number of ether oxygens (including phenoxy) is 1. The average molecular weight is 443 g/mol. The molecule has 2 heterocycles. The van der Waals surface area contributed by atoms with Gasteiger partial charge in [0, 0.05) is 31.8 Å². The summed E-state index contributed by atoms with van der Waals surface area (Å²) < 4.78 is 33.0. The van der Waals surface area contributed by atoms with Gasteiger partial charge in [0.2, 0.25) is 5.91 Å². The molecule has 0 aromatic heterocycles. The van der Waals surface area contributed by atoms with E-state index in [0.717, 1.165) is 56.5 Å². The number of amides is 1. The highest BCUT2D eigenvalue weighted by Crippen LogP contribution is 2.23. The van der Waals surface area contributed by atoms with Gasteiger partial charge in [-0.3, -0.25) is 9.69 Å². The molecule has 2 fully saturated rings. The first kappa shape index (κ1) is 22.9. The van der Waals surface area contributed by atoms with Gasteiger partial charge in [-0.25, -0.2) is 8.78 Å². The van der Waals surface area contributed by atoms with E-state index in [-0.39, 0.29) is 30.1 Å². The second-order valence-corrected chi connectivity index (χ2v) is 9.05. The molecule has 2 aromatic rings. The first-order chi connectivity index (χ1) is 15.6. The van der Waals surface area contributed by atoms with E-state index in [1.54, 1.807) is 18.2 Å². The first-order valence-corrected chi connectivity index (χ1v) is 11.7. The molecule has 172 valence electrons. The van der Waals surface area contributed by atoms with Crippen LogP contribution in [-0.2, 0) is 22.5 Å². The second-order valence-electron chi connectivity index (χ2n) is 9.05. The molecule has 2 saturated heterocycles. The van der Waals surface area contributed by atoms with Crippen LogP contribution in [0.15, 0.2) is 48.5 Å². The van der Waals surface area contributed by atoms with E-state index in [2.05, 4.69) is 4.90 Å². The number of nitrogens with zero attached hydrogens (tertiary/aromatic N) is 2. The number of benzene rings is 2. The van der Waals surface area contributed by atoms with Crippen LogP contribution in [0.1, 0.15) is 36.8 Å². The lowest BCUT2D eigenvalue weighted by Gasteiger charge is -2.35. The van der Waals surface area contributed by atoms with Gasteiger partial charge in [-0.15, -0.1) is 0 Å². The van der Waals surface area contributed by atoms with Crippen molar-refractivity contribution in [1.29, 1.82) is 0 Å². The number of rotatable bonds is 8. The van der Waals surface area contributed by atoms with Gasteiger partial charge in [0.1, 0.15) is 11.6 Å². The van der Waals surface area contributed by atoms with Crippen LogP contribution in [0.25, 0.3) is 0 Å². The molecule has 2 aliphatic rings. The highest BCUT2D eigenvalue weighted by molar-refractivity contribution is 5.78. The highest BCUT2D eigenvalue weighted by Gasteiger charge is 2.27. The van der Waals surface area contributed by atoms with Gasteiger partial charge in [-0.1, -0.05) is 30.3 Å². The summed E-state index contributed by atoms with van der Waals surface area (Å²) in [5.74, 6) is 0.0506. The minimum absolute atomic E-state index is 0.0703. The number of likely N-dealkylation sites (tertiary alicyclic amines) is 1. The quantitative estimate of drug-likeness (QED) is 0.607. The van der Waals surface area contributed by atoms with Crippen LogP contribution in [-0.4, -0.2) is 54.6 Å². The molecule has 0 aliphatic carbocycles. The van der Waals surface area contributed by atoms with Gasteiger partial charge < -0.3 is 9.64 Å². The summed E-state index contributed by atoms with van der Waals surface area (Å²) in [6, 6.07) is 13.1. The van der Waals surface area contributed by atoms with Crippen LogP contribution >= 0.6 is 0 Å². The Kier molecular flexibility index (Phi) is 7.87. The van der Waals surface area contributed by atoms with Crippen LogP contribution in [0.5, 0.6) is 0 Å². The van der Waals surface area contributed by atoms with Crippen molar-refractivity contribution in [3.05, 3.63) is 71.3 Å². The van der Waals surface area contributed by atoms with Crippen LogP contribution in [0.4, 0.5) is 8.78 Å². The molecule has 6 heteroatoms. The number of carbonyl (C=O) groups is 1. The third kappa shape index (κ3) is 6.36. The van der Waals surface area contributed by atoms with Gasteiger partial charge in [-0.2, -0.15) is 0 Å². The normalized spacial score (nSPS) is 19.9. The van der Waals surface area contributed by atoms with Crippen molar-refractivity contribution in [3.8, 4) is 0 Å². The summed E-state index contributed by atoms with van der Waals surface area (Å²) in [4.78, 5) is 17.4. The second kappa shape index (κ2) is 11.0. The predicted molar refractivity (Wildman–Crippen MR) is 120 cm³/mol. The Hall–Kier alpha value is -2.31. The Morgan fingerprint density at radius 2 is 1.75 bits per heavy atom. The molecule has 4 nitrogen and oxygen atoms in total. The van der Waals surface area contributed by atoms with Crippen LogP contribution in [0, 0.1) is 17.6 Å². The lowest BCUT2D eigenvalue weighted by atomic mass is 9.95. The average Bonchev–Trinajstić information content (AvgIpc) is 3.31. The summed E-state index contributed by atoms with van der Waals surface area (Å²) in [7, 11) is 0. The molecule has 1 amide bonds. The molecule has 4 rings (SSSR count). The van der Waals surface area contributed by atoms with Crippen LogP contribution in [0.2, 0.25) is 0 Å². The summed E-state index contributed by atoms with van der Waals surface area (Å²) in [6.45, 7) is 4.53. The molecule has 0 N–H and O–H groups in total. The molecule has 32 heavy (non-hydrogen) atoms. The molecule has 2 aromatic carbocycles. The zero-order valence-electron chi connectivity index (χ0n) is 18.5. The van der Waals surface area contributed by atoms with E-state index >= 15 is 0 Å². The molecule has 1 unspecified atom stereocenters. The fourth-order valence-corrected chi connectivity index (χ4v) is 4.71. The smallest absolute Gasteiger partial charge is 0.227 e. The van der Waals surface area contributed by atoms with E-state index < -0.39 is 0 Å². The first-order valence-electron chi connectivity index (χ1n) is 11.7. The van der Waals surface area contributed by atoms with E-state index in [4.69, 9.17) is 4.74 Å². The minimum Gasteiger partial charge on any atom is -0.376 e. The van der Waals surface area contributed by atoms with Gasteiger partial charge in [0.05, 0.1) is 12.5 Å². The van der Waals surface area contributed by atoms with Crippen molar-refractivity contribution in [2.75, 3.05) is 32.8 Å². The van der Waals surface area contributed by atoms with Crippen molar-refractivity contribution in [2.45, 2.75) is 44.8 Å². The van der Waals surface area contributed by atoms with Crippen LogP contribution < -0.4 is 0 Å². The Bertz CT molecular complexity index is 876. The highest BCUT2D eigenvalue weighted by atomic mass is 19.1. The monoisotopic (exact) mass is 442 g/mol. The lowest BCUT2D eigenvalue weighted by molar-refractivity contribution is -0.133. The van der Waals surface area contributed by atoms with E-state index in [1.807, 2.05) is 17.0 Å². The lowest BCUT2D eigenvalue weighted by Crippen LogP contribution is -2.44. The number of halogens is 2. The Balaban J connectivity index is 1.33. The largest absolute Gasteiger partial charge is 0.376 e. The Morgan fingerprint density at radius 1 is 1.00 bits per heavy atom. The fourth-order valence-electron chi connectivity index (χ4n) is 4.71. The third-order valence-electron chi connectivity index (χ3n) is 6.61. The minimum atomic E-state index is -0.292. The van der Waals surface area contributed by atoms with Crippen molar-refractivity contribution in [2.24, 2.45) is 5.92 Å². The maximum absolute atomic E-state index is 14.0. The summed E-state index contributed by atoms with van der Waals surface area (Å²) in [5, 5.41) is 0. The zero-order valence-corrected chi connectivity index (χ0v) is 18.5. The molecule has 0 saturated carbocycles. The summed E-state index contributed by atoms with van der Waals surface area (Å²) in [6.07, 6.45) is 4.38. The molecular formula is C26H32F2N2O2. The summed E-state index contributed by atoms with van der Waals surface area (Å²) in [5.41, 5.74) is 1.56. The Morgan fingerprint density at radius 3 is 2.44 bits per heavy atom. The van der Waals surface area contributed by atoms with Gasteiger partial charge in [0.25, 0.3) is 0 Å². The molecule has 1 atom stereocenters. The maximum Gasteiger partial charge on any atom is 0.227 e. The summed E-state index contributed by atoms with van der Waals surface area (Å²) >= 11 is 0. The van der Waals surface area contributed by atoms with Gasteiger partial charge >= 0.3 is 0 Å². The number of hydrogen-bond donors (Lipinski definition) is 0. The molecule has 0 bridgehead atoms. The predicted octanol–water partition coefficient (Wildman–Crippen LogP) is 4.43. The number of piperidine rings is 1. The molecule has 0 radical (unpaired) electrons. The van der Waals surface area contributed by atoms with E-state index in [1.165, 1.54) is 18.2 Å². The van der Waals surface area contributed by atoms with Gasteiger partial charge in [-0.05, 0) is 68.5 Å². The Labute approximate surface area is 189 Å². The van der Waals surface area contributed by atoms with Crippen molar-refractivity contribution in [3.63, 3.8) is 0 Å². The van der Waals surface area contributed by atoms with Crippen molar-refractivity contribution < 1.29 is 18.3 Å². The van der Waals surface area contributed by atoms with Crippen molar-refractivity contribution >= 4 is 5.91 Å². The van der Waals surface area contributed by atoms with Crippen molar-refractivity contribution in [1.82, 2.24) is 9.80 Å². The zero-order chi connectivity index (χ0) is 22.3. The number of hydrogen-bond acceptors (Lipinski definition) is 3. The maximum atomic E-state index is 14.0. The SMILES string of the molecule is O=C(Cc1ccc(F)cc1)N(CC1CCN(Cc2ccccc2F)CC1)CC1CCCO1. The van der Waals surface area contributed by atoms with E-state index in [9.17, 15) is 13.6 Å². The molecule has 2 aliphatic heterocycles. The standard InChI is InChI=1S/C26H32F2N2O2/c27-23-9-7-20(8-10-23)16-26(31)30(19-24-5-3-15-32-24)17-21-11-13-29(14-12-21)18-22-4-1-2-6-25(22)28/h1-2,4,6-10,21,24H,3,5,11-19H2. The van der Waals surface area contributed by atoms with E-state index in [0.29, 0.717) is 25.6 Å². The van der Waals surface area contributed by atoms with Crippen LogP contribution in [0.3, 0.4) is 0 Å². The third-order valence-corrected chi connectivity index (χ3v) is 6.61. The molecular weight excluding hydrogens is 410 g/mol. The van der Waals surface area contributed by atoms with Gasteiger partial charge in [0.15, 0.2) is 0 Å². The number of carbonyl (C=O) groups excluding carboxylic acids is 1. The fraction of sp³-hybridized carbons (Fsp3) is 0.500. The topological polar surface area (TPSA) is 32.8 Å². The molecule has 0 spiro atoms.